The Kier molecular flexibility index (Phi) is 5.01. The second-order valence-corrected chi connectivity index (χ2v) is 5.94. The lowest BCUT2D eigenvalue weighted by atomic mass is 9.85. The van der Waals surface area contributed by atoms with Gasteiger partial charge in [0.15, 0.2) is 0 Å². The molecule has 1 rings (SSSR count). The predicted molar refractivity (Wildman–Crippen MR) is 71.3 cm³/mol. The summed E-state index contributed by atoms with van der Waals surface area (Å²) in [6.07, 6.45) is 0.968. The summed E-state index contributed by atoms with van der Waals surface area (Å²) in [6.45, 7) is 9.36. The van der Waals surface area contributed by atoms with Crippen LogP contribution < -0.4 is 4.74 Å². The Morgan fingerprint density at radius 1 is 1.29 bits per heavy atom. The number of hydrogen-bond acceptors (Lipinski definition) is 2. The van der Waals surface area contributed by atoms with Crippen molar-refractivity contribution < 1.29 is 9.84 Å². The molecule has 0 saturated heterocycles. The standard InChI is InChI=1S/C15H24O2/c1-12-6-5-7-14(8-12)17-11-13(10-16)9-15(2,3)4/h5-8,13,16H,9-11H2,1-4H3. The third-order valence-corrected chi connectivity index (χ3v) is 2.63. The second kappa shape index (κ2) is 6.06. The van der Waals surface area contributed by atoms with E-state index in [9.17, 15) is 5.11 Å². The van der Waals surface area contributed by atoms with Crippen molar-refractivity contribution in [3.05, 3.63) is 29.8 Å². The fraction of sp³-hybridized carbons (Fsp3) is 0.600. The van der Waals surface area contributed by atoms with E-state index in [1.807, 2.05) is 31.2 Å². The van der Waals surface area contributed by atoms with E-state index in [0.717, 1.165) is 12.2 Å². The van der Waals surface area contributed by atoms with Crippen LogP contribution in [0.3, 0.4) is 0 Å². The lowest BCUT2D eigenvalue weighted by molar-refractivity contribution is 0.126. The number of hydrogen-bond donors (Lipinski definition) is 1. The van der Waals surface area contributed by atoms with Gasteiger partial charge in [-0.25, -0.2) is 0 Å². The summed E-state index contributed by atoms with van der Waals surface area (Å²) in [5.74, 6) is 1.09. The summed E-state index contributed by atoms with van der Waals surface area (Å²) in [7, 11) is 0. The number of ether oxygens (including phenoxy) is 1. The van der Waals surface area contributed by atoms with Gasteiger partial charge in [0.1, 0.15) is 5.75 Å². The van der Waals surface area contributed by atoms with Gasteiger partial charge in [-0.15, -0.1) is 0 Å². The Labute approximate surface area is 105 Å². The molecule has 0 heterocycles. The van der Waals surface area contributed by atoms with E-state index in [0.29, 0.717) is 6.61 Å². The van der Waals surface area contributed by atoms with Crippen LogP contribution in [0, 0.1) is 18.3 Å². The van der Waals surface area contributed by atoms with E-state index in [2.05, 4.69) is 20.8 Å². The van der Waals surface area contributed by atoms with Crippen LogP contribution in [0.2, 0.25) is 0 Å². The summed E-state index contributed by atoms with van der Waals surface area (Å²) in [6, 6.07) is 8.01. The number of rotatable bonds is 5. The lowest BCUT2D eigenvalue weighted by Crippen LogP contribution is -2.22. The summed E-state index contributed by atoms with van der Waals surface area (Å²) in [5, 5.41) is 9.34. The van der Waals surface area contributed by atoms with Gasteiger partial charge in [0.2, 0.25) is 0 Å². The molecule has 1 atom stereocenters. The number of aliphatic hydroxyl groups excluding tert-OH is 1. The Morgan fingerprint density at radius 3 is 2.53 bits per heavy atom. The molecule has 2 nitrogen and oxygen atoms in total. The SMILES string of the molecule is Cc1cccc(OCC(CO)CC(C)(C)C)c1. The zero-order valence-corrected chi connectivity index (χ0v) is 11.4. The van der Waals surface area contributed by atoms with Crippen LogP contribution in [0.25, 0.3) is 0 Å². The van der Waals surface area contributed by atoms with E-state index in [-0.39, 0.29) is 17.9 Å². The highest BCUT2D eigenvalue weighted by Gasteiger charge is 2.18. The van der Waals surface area contributed by atoms with Crippen molar-refractivity contribution in [2.75, 3.05) is 13.2 Å². The molecular weight excluding hydrogens is 212 g/mol. The summed E-state index contributed by atoms with van der Waals surface area (Å²) in [5.41, 5.74) is 1.42. The fourth-order valence-electron chi connectivity index (χ4n) is 1.96. The Morgan fingerprint density at radius 2 is 2.00 bits per heavy atom. The molecule has 1 aromatic rings. The Balaban J connectivity index is 2.48. The zero-order valence-electron chi connectivity index (χ0n) is 11.4. The highest BCUT2D eigenvalue weighted by Crippen LogP contribution is 2.25. The van der Waals surface area contributed by atoms with Gasteiger partial charge in [-0.05, 0) is 36.5 Å². The molecule has 0 saturated carbocycles. The van der Waals surface area contributed by atoms with Gasteiger partial charge in [0.25, 0.3) is 0 Å². The molecule has 0 aliphatic heterocycles. The van der Waals surface area contributed by atoms with Crippen molar-refractivity contribution in [3.8, 4) is 5.75 Å². The number of benzene rings is 1. The maximum Gasteiger partial charge on any atom is 0.119 e. The minimum Gasteiger partial charge on any atom is -0.493 e. The van der Waals surface area contributed by atoms with Crippen molar-refractivity contribution in [3.63, 3.8) is 0 Å². The molecule has 1 unspecified atom stereocenters. The third kappa shape index (κ3) is 5.73. The zero-order chi connectivity index (χ0) is 12.9. The van der Waals surface area contributed by atoms with Crippen LogP contribution in [0.1, 0.15) is 32.8 Å². The highest BCUT2D eigenvalue weighted by atomic mass is 16.5. The average molecular weight is 236 g/mol. The van der Waals surface area contributed by atoms with E-state index >= 15 is 0 Å². The molecule has 0 aromatic heterocycles. The predicted octanol–water partition coefficient (Wildman–Crippen LogP) is 3.42. The van der Waals surface area contributed by atoms with Gasteiger partial charge in [-0.2, -0.15) is 0 Å². The molecular formula is C15H24O2. The van der Waals surface area contributed by atoms with Gasteiger partial charge < -0.3 is 9.84 Å². The van der Waals surface area contributed by atoms with Gasteiger partial charge in [-0.3, -0.25) is 0 Å². The van der Waals surface area contributed by atoms with Crippen molar-refractivity contribution in [2.24, 2.45) is 11.3 Å². The summed E-state index contributed by atoms with van der Waals surface area (Å²) >= 11 is 0. The molecule has 0 radical (unpaired) electrons. The molecule has 2 heteroatoms. The molecule has 0 fully saturated rings. The van der Waals surface area contributed by atoms with Crippen LogP contribution >= 0.6 is 0 Å². The number of aliphatic hydroxyl groups is 1. The topological polar surface area (TPSA) is 29.5 Å². The van der Waals surface area contributed by atoms with Crippen LogP contribution in [0.4, 0.5) is 0 Å². The lowest BCUT2D eigenvalue weighted by Gasteiger charge is -2.24. The van der Waals surface area contributed by atoms with Crippen LogP contribution in [0.15, 0.2) is 24.3 Å². The quantitative estimate of drug-likeness (QED) is 0.849. The smallest absolute Gasteiger partial charge is 0.119 e. The Hall–Kier alpha value is -1.02. The minimum absolute atomic E-state index is 0.184. The Bertz CT molecular complexity index is 339. The second-order valence-electron chi connectivity index (χ2n) is 5.94. The highest BCUT2D eigenvalue weighted by molar-refractivity contribution is 5.27. The summed E-state index contributed by atoms with van der Waals surface area (Å²) < 4.78 is 5.73. The van der Waals surface area contributed by atoms with E-state index < -0.39 is 0 Å². The molecule has 0 aliphatic carbocycles. The normalized spacial score (nSPS) is 13.5. The first kappa shape index (κ1) is 14.0. The molecule has 1 aromatic carbocycles. The molecule has 0 aliphatic rings. The molecule has 96 valence electrons. The molecule has 0 bridgehead atoms. The largest absolute Gasteiger partial charge is 0.493 e. The average Bonchev–Trinajstić information content (AvgIpc) is 2.23. The first-order valence-electron chi connectivity index (χ1n) is 6.21. The van der Waals surface area contributed by atoms with Crippen molar-refractivity contribution in [1.82, 2.24) is 0 Å². The van der Waals surface area contributed by atoms with E-state index in [4.69, 9.17) is 4.74 Å². The van der Waals surface area contributed by atoms with Gasteiger partial charge in [0, 0.05) is 12.5 Å². The maximum absolute atomic E-state index is 9.34. The monoisotopic (exact) mass is 236 g/mol. The van der Waals surface area contributed by atoms with Crippen LogP contribution in [-0.2, 0) is 0 Å². The van der Waals surface area contributed by atoms with Gasteiger partial charge >= 0.3 is 0 Å². The van der Waals surface area contributed by atoms with Crippen LogP contribution in [0.5, 0.6) is 5.75 Å². The van der Waals surface area contributed by atoms with Gasteiger partial charge in [0.05, 0.1) is 6.61 Å². The molecule has 1 N–H and O–H groups in total. The van der Waals surface area contributed by atoms with Crippen molar-refractivity contribution in [1.29, 1.82) is 0 Å². The number of aryl methyl sites for hydroxylation is 1. The third-order valence-electron chi connectivity index (χ3n) is 2.63. The van der Waals surface area contributed by atoms with Gasteiger partial charge in [-0.1, -0.05) is 32.9 Å². The molecule has 17 heavy (non-hydrogen) atoms. The maximum atomic E-state index is 9.34. The van der Waals surface area contributed by atoms with Crippen molar-refractivity contribution >= 4 is 0 Å². The fourth-order valence-corrected chi connectivity index (χ4v) is 1.96. The first-order chi connectivity index (χ1) is 7.90. The van der Waals surface area contributed by atoms with E-state index in [1.165, 1.54) is 5.56 Å². The summed E-state index contributed by atoms with van der Waals surface area (Å²) in [4.78, 5) is 0. The van der Waals surface area contributed by atoms with Crippen LogP contribution in [-0.4, -0.2) is 18.3 Å². The molecule has 0 spiro atoms. The first-order valence-corrected chi connectivity index (χ1v) is 6.21. The minimum atomic E-state index is 0.184. The van der Waals surface area contributed by atoms with Crippen molar-refractivity contribution in [2.45, 2.75) is 34.1 Å². The van der Waals surface area contributed by atoms with E-state index in [1.54, 1.807) is 0 Å². The molecule has 0 amide bonds.